The lowest BCUT2D eigenvalue weighted by atomic mass is 9.95. The molecule has 2 rings (SSSR count). The molecule has 1 aliphatic carbocycles. The third kappa shape index (κ3) is 4.11. The lowest BCUT2D eigenvalue weighted by molar-refractivity contribution is 0.108. The molecule has 3 heteroatoms. The van der Waals surface area contributed by atoms with Crippen LogP contribution < -0.4 is 0 Å². The van der Waals surface area contributed by atoms with E-state index in [2.05, 4.69) is 0 Å². The molecule has 1 aromatic heterocycles. The van der Waals surface area contributed by atoms with E-state index in [1.54, 1.807) is 11.3 Å². The summed E-state index contributed by atoms with van der Waals surface area (Å²) in [6, 6.07) is 0. The molecule has 1 nitrogen and oxygen atoms in total. The van der Waals surface area contributed by atoms with Crippen LogP contribution in [0.15, 0.2) is 0 Å². The zero-order chi connectivity index (χ0) is 13.4. The molecule has 0 aliphatic heterocycles. The fourth-order valence-corrected chi connectivity index (χ4v) is 3.53. The van der Waals surface area contributed by atoms with Crippen molar-refractivity contribution in [1.29, 1.82) is 0 Å². The van der Waals surface area contributed by atoms with Gasteiger partial charge in [0.05, 0.1) is 5.56 Å². The van der Waals surface area contributed by atoms with Gasteiger partial charge in [-0.25, -0.2) is 0 Å². The topological polar surface area (TPSA) is 17.1 Å². The van der Waals surface area contributed by atoms with Gasteiger partial charge in [0.1, 0.15) is 0 Å². The Labute approximate surface area is 114 Å². The fourth-order valence-electron chi connectivity index (χ4n) is 1.96. The predicted octanol–water partition coefficient (Wildman–Crippen LogP) is 5.37. The van der Waals surface area contributed by atoms with Gasteiger partial charge in [0, 0.05) is 9.75 Å². The van der Waals surface area contributed by atoms with Crippen LogP contribution in [-0.4, -0.2) is 5.24 Å². The monoisotopic (exact) mass is 274 g/mol. The normalized spacial score (nSPS) is 12.6. The van der Waals surface area contributed by atoms with Crippen molar-refractivity contribution in [2.24, 2.45) is 0 Å². The predicted molar refractivity (Wildman–Crippen MR) is 78.6 cm³/mol. The molecule has 1 aromatic rings. The lowest BCUT2D eigenvalue weighted by Crippen LogP contribution is -2.03. The van der Waals surface area contributed by atoms with Gasteiger partial charge < -0.3 is 0 Å². The van der Waals surface area contributed by atoms with Crippen molar-refractivity contribution in [3.05, 3.63) is 20.9 Å². The summed E-state index contributed by atoms with van der Waals surface area (Å²) in [5.74, 6) is 0. The van der Waals surface area contributed by atoms with E-state index in [9.17, 15) is 4.79 Å². The molecular weight excluding hydrogens is 252 g/mol. The number of thiophene rings is 1. The summed E-state index contributed by atoms with van der Waals surface area (Å²) in [5, 5.41) is -0.281. The largest absolute Gasteiger partial charge is 0.276 e. The first-order valence-corrected chi connectivity index (χ1v) is 7.70. The van der Waals surface area contributed by atoms with Crippen molar-refractivity contribution in [3.63, 3.8) is 0 Å². The Morgan fingerprint density at radius 3 is 2.18 bits per heavy atom. The summed E-state index contributed by atoms with van der Waals surface area (Å²) in [5.41, 5.74) is 2.02. The molecule has 0 radical (unpaired) electrons. The Bertz CT molecular complexity index is 355. The number of fused-ring (bicyclic) bond motifs is 1. The van der Waals surface area contributed by atoms with Crippen LogP contribution in [0.2, 0.25) is 0 Å². The van der Waals surface area contributed by atoms with Crippen molar-refractivity contribution in [3.8, 4) is 0 Å². The molecule has 1 heterocycles. The summed E-state index contributed by atoms with van der Waals surface area (Å²) in [6.45, 7) is 9.98. The first-order chi connectivity index (χ1) is 8.20. The Morgan fingerprint density at radius 1 is 1.12 bits per heavy atom. The minimum absolute atomic E-state index is 0.281. The maximum absolute atomic E-state index is 11.2. The van der Waals surface area contributed by atoms with Crippen molar-refractivity contribution in [2.75, 3.05) is 0 Å². The Balaban J connectivity index is 0.000000581. The first kappa shape index (κ1) is 16.7. The zero-order valence-electron chi connectivity index (χ0n) is 11.5. The van der Waals surface area contributed by atoms with Crippen LogP contribution in [0.5, 0.6) is 0 Å². The van der Waals surface area contributed by atoms with Crippen molar-refractivity contribution in [1.82, 2.24) is 0 Å². The van der Waals surface area contributed by atoms with E-state index < -0.39 is 0 Å². The Kier molecular flexibility index (Phi) is 8.53. The minimum Gasteiger partial charge on any atom is -0.276 e. The molecular formula is C14H23ClOS. The number of rotatable bonds is 1. The number of halogens is 1. The van der Waals surface area contributed by atoms with Crippen LogP contribution in [0.25, 0.3) is 0 Å². The third-order valence-corrected chi connectivity index (χ3v) is 3.94. The SMILES string of the molecule is CC.CC.Cc1sc2c(c1C(=O)Cl)CCCC2. The van der Waals surface area contributed by atoms with Crippen LogP contribution in [0.1, 0.15) is 66.2 Å². The molecule has 0 aromatic carbocycles. The van der Waals surface area contributed by atoms with Gasteiger partial charge in [0.2, 0.25) is 0 Å². The average molecular weight is 275 g/mol. The fraction of sp³-hybridized carbons (Fsp3) is 0.643. The highest BCUT2D eigenvalue weighted by atomic mass is 35.5. The van der Waals surface area contributed by atoms with Gasteiger partial charge >= 0.3 is 0 Å². The maximum Gasteiger partial charge on any atom is 0.253 e. The van der Waals surface area contributed by atoms with Gasteiger partial charge in [-0.05, 0) is 49.8 Å². The number of hydrogen-bond acceptors (Lipinski definition) is 2. The molecule has 0 spiro atoms. The van der Waals surface area contributed by atoms with Crippen LogP contribution in [-0.2, 0) is 12.8 Å². The van der Waals surface area contributed by atoms with Gasteiger partial charge in [-0.3, -0.25) is 4.79 Å². The van der Waals surface area contributed by atoms with E-state index in [0.717, 1.165) is 23.3 Å². The second-order valence-corrected chi connectivity index (χ2v) is 5.07. The summed E-state index contributed by atoms with van der Waals surface area (Å²) < 4.78 is 0. The number of carbonyl (C=O) groups is 1. The van der Waals surface area contributed by atoms with E-state index in [4.69, 9.17) is 11.6 Å². The smallest absolute Gasteiger partial charge is 0.253 e. The van der Waals surface area contributed by atoms with Crippen molar-refractivity contribution in [2.45, 2.75) is 60.3 Å². The third-order valence-electron chi connectivity index (χ3n) is 2.54. The highest BCUT2D eigenvalue weighted by Crippen LogP contribution is 2.34. The molecule has 0 fully saturated rings. The first-order valence-electron chi connectivity index (χ1n) is 6.51. The van der Waals surface area contributed by atoms with Crippen LogP contribution in [0.4, 0.5) is 0 Å². The van der Waals surface area contributed by atoms with E-state index in [-0.39, 0.29) is 5.24 Å². The summed E-state index contributed by atoms with van der Waals surface area (Å²) in [4.78, 5) is 13.6. The van der Waals surface area contributed by atoms with Crippen LogP contribution in [0.3, 0.4) is 0 Å². The average Bonchev–Trinajstić information content (AvgIpc) is 2.70. The van der Waals surface area contributed by atoms with Crippen LogP contribution in [0, 0.1) is 6.92 Å². The number of aryl methyl sites for hydroxylation is 2. The van der Waals surface area contributed by atoms with Crippen molar-refractivity contribution < 1.29 is 4.79 Å². The molecule has 0 N–H and O–H groups in total. The Morgan fingerprint density at radius 2 is 1.65 bits per heavy atom. The molecule has 0 bridgehead atoms. The summed E-state index contributed by atoms with van der Waals surface area (Å²) >= 11 is 7.29. The van der Waals surface area contributed by atoms with E-state index in [1.807, 2.05) is 34.6 Å². The van der Waals surface area contributed by atoms with Gasteiger partial charge in [-0.1, -0.05) is 27.7 Å². The van der Waals surface area contributed by atoms with E-state index in [0.29, 0.717) is 0 Å². The molecule has 0 amide bonds. The zero-order valence-corrected chi connectivity index (χ0v) is 13.1. The van der Waals surface area contributed by atoms with E-state index >= 15 is 0 Å². The summed E-state index contributed by atoms with van der Waals surface area (Å²) in [6.07, 6.45) is 4.61. The van der Waals surface area contributed by atoms with Crippen molar-refractivity contribution >= 4 is 28.2 Å². The van der Waals surface area contributed by atoms with Gasteiger partial charge in [-0.2, -0.15) is 0 Å². The minimum atomic E-state index is -0.281. The van der Waals surface area contributed by atoms with Gasteiger partial charge in [0.25, 0.3) is 5.24 Å². The molecule has 0 saturated carbocycles. The molecule has 98 valence electrons. The standard InChI is InChI=1S/C10H11ClOS.2C2H6/c1-6-9(10(11)12)7-4-2-3-5-8(7)13-6;2*1-2/h2-5H2,1H3;2*1-2H3. The van der Waals surface area contributed by atoms with Crippen LogP contribution >= 0.6 is 22.9 Å². The van der Waals surface area contributed by atoms with Gasteiger partial charge in [-0.15, -0.1) is 11.3 Å². The Hall–Kier alpha value is -0.340. The molecule has 1 aliphatic rings. The highest BCUT2D eigenvalue weighted by Gasteiger charge is 2.21. The molecule has 0 atom stereocenters. The highest BCUT2D eigenvalue weighted by molar-refractivity contribution is 7.12. The second-order valence-electron chi connectivity index (χ2n) is 3.42. The molecule has 0 saturated heterocycles. The van der Waals surface area contributed by atoms with Gasteiger partial charge in [0.15, 0.2) is 0 Å². The number of hydrogen-bond donors (Lipinski definition) is 0. The lowest BCUT2D eigenvalue weighted by Gasteiger charge is -2.10. The quantitative estimate of drug-likeness (QED) is 0.630. The molecule has 0 unspecified atom stereocenters. The number of carbonyl (C=O) groups excluding carboxylic acids is 1. The maximum atomic E-state index is 11.2. The molecule has 17 heavy (non-hydrogen) atoms. The summed E-state index contributed by atoms with van der Waals surface area (Å²) in [7, 11) is 0. The van der Waals surface area contributed by atoms with E-state index in [1.165, 1.54) is 23.3 Å². The second kappa shape index (κ2) is 8.71.